The van der Waals surface area contributed by atoms with Gasteiger partial charge in [0.1, 0.15) is 0 Å². The highest BCUT2D eigenvalue weighted by Gasteiger charge is 2.08. The summed E-state index contributed by atoms with van der Waals surface area (Å²) in [6, 6.07) is 6.01. The molecule has 1 aromatic carbocycles. The van der Waals surface area contributed by atoms with Crippen molar-refractivity contribution in [2.75, 3.05) is 0 Å². The molecule has 0 saturated carbocycles. The highest BCUT2D eigenvalue weighted by atomic mass is 14.8. The van der Waals surface area contributed by atoms with Crippen LogP contribution in [-0.4, -0.2) is 12.9 Å². The molecule has 0 aliphatic rings. The van der Waals surface area contributed by atoms with E-state index in [9.17, 15) is 0 Å². The Balaban J connectivity index is 3.34. The van der Waals surface area contributed by atoms with E-state index in [0.29, 0.717) is 5.92 Å². The molecule has 0 aliphatic heterocycles. The Labute approximate surface area is 85.4 Å². The number of nitrogens with zero attached hydrogens (tertiary/aromatic N) is 2. The predicted molar refractivity (Wildman–Crippen MR) is 63.6 cm³/mol. The van der Waals surface area contributed by atoms with Crippen LogP contribution in [0.3, 0.4) is 0 Å². The molecule has 0 fully saturated rings. The standard InChI is InChI=1S/C12H16N2/c1-5-14-12-10(9(2)3)7-6-8-11(12)13-4/h5-9H,4H2,1-3H3/b14-5-. The van der Waals surface area contributed by atoms with Crippen molar-refractivity contribution in [2.24, 2.45) is 9.98 Å². The quantitative estimate of drug-likeness (QED) is 0.643. The molecule has 0 atom stereocenters. The van der Waals surface area contributed by atoms with Crippen molar-refractivity contribution >= 4 is 24.3 Å². The largest absolute Gasteiger partial charge is 0.262 e. The van der Waals surface area contributed by atoms with Crippen molar-refractivity contribution in [3.63, 3.8) is 0 Å². The molecule has 0 aromatic heterocycles. The molecule has 0 unspecified atom stereocenters. The number of rotatable bonds is 3. The molecule has 0 bridgehead atoms. The first-order valence-corrected chi connectivity index (χ1v) is 4.79. The predicted octanol–water partition coefficient (Wildman–Crippen LogP) is 3.86. The molecule has 14 heavy (non-hydrogen) atoms. The smallest absolute Gasteiger partial charge is 0.0916 e. The average Bonchev–Trinajstić information content (AvgIpc) is 2.18. The number of benzene rings is 1. The van der Waals surface area contributed by atoms with Crippen LogP contribution in [0.5, 0.6) is 0 Å². The van der Waals surface area contributed by atoms with Crippen LogP contribution < -0.4 is 0 Å². The first-order chi connectivity index (χ1) is 6.70. The van der Waals surface area contributed by atoms with Crippen LogP contribution in [0.25, 0.3) is 0 Å². The topological polar surface area (TPSA) is 24.7 Å². The molecule has 2 nitrogen and oxygen atoms in total. The molecule has 0 aliphatic carbocycles. The third-order valence-electron chi connectivity index (χ3n) is 2.10. The van der Waals surface area contributed by atoms with Gasteiger partial charge in [0.25, 0.3) is 0 Å². The van der Waals surface area contributed by atoms with Crippen LogP contribution in [0.2, 0.25) is 0 Å². The van der Waals surface area contributed by atoms with Crippen molar-refractivity contribution < 1.29 is 0 Å². The van der Waals surface area contributed by atoms with Gasteiger partial charge in [0.05, 0.1) is 11.4 Å². The third kappa shape index (κ3) is 2.08. The molecule has 74 valence electrons. The summed E-state index contributed by atoms with van der Waals surface area (Å²) in [7, 11) is 0. The van der Waals surface area contributed by atoms with E-state index >= 15 is 0 Å². The minimum absolute atomic E-state index is 0.454. The van der Waals surface area contributed by atoms with Crippen molar-refractivity contribution in [3.05, 3.63) is 23.8 Å². The maximum atomic E-state index is 4.34. The van der Waals surface area contributed by atoms with Gasteiger partial charge in [0, 0.05) is 6.21 Å². The highest BCUT2D eigenvalue weighted by Crippen LogP contribution is 2.35. The maximum absolute atomic E-state index is 4.34. The Morgan fingerprint density at radius 3 is 2.57 bits per heavy atom. The fourth-order valence-electron chi connectivity index (χ4n) is 1.41. The molecule has 0 amide bonds. The zero-order valence-electron chi connectivity index (χ0n) is 8.99. The summed E-state index contributed by atoms with van der Waals surface area (Å²) in [5.74, 6) is 0.454. The van der Waals surface area contributed by atoms with Gasteiger partial charge in [-0.1, -0.05) is 26.0 Å². The molecule has 0 radical (unpaired) electrons. The minimum atomic E-state index is 0.454. The molecule has 0 spiro atoms. The third-order valence-corrected chi connectivity index (χ3v) is 2.10. The van der Waals surface area contributed by atoms with Gasteiger partial charge in [0.2, 0.25) is 0 Å². The second kappa shape index (κ2) is 4.70. The van der Waals surface area contributed by atoms with Gasteiger partial charge in [0.15, 0.2) is 0 Å². The Morgan fingerprint density at radius 2 is 2.07 bits per heavy atom. The van der Waals surface area contributed by atoms with Gasteiger partial charge in [-0.15, -0.1) is 0 Å². The molecule has 0 saturated heterocycles. The molecule has 1 aromatic rings. The summed E-state index contributed by atoms with van der Waals surface area (Å²) in [5.41, 5.74) is 3.02. The summed E-state index contributed by atoms with van der Waals surface area (Å²) in [4.78, 5) is 8.31. The average molecular weight is 188 g/mol. The van der Waals surface area contributed by atoms with E-state index in [1.54, 1.807) is 6.21 Å². The van der Waals surface area contributed by atoms with Crippen LogP contribution in [0, 0.1) is 0 Å². The SMILES string of the molecule is C=Nc1cccc(C(C)C)c1/N=C\C. The monoisotopic (exact) mass is 188 g/mol. The zero-order valence-corrected chi connectivity index (χ0v) is 8.99. The molecule has 2 heteroatoms. The van der Waals surface area contributed by atoms with E-state index in [0.717, 1.165) is 11.4 Å². The number of hydrogen-bond acceptors (Lipinski definition) is 2. The Bertz CT molecular complexity index is 351. The van der Waals surface area contributed by atoms with Crippen LogP contribution in [-0.2, 0) is 0 Å². The number of aliphatic imine (C=N–C) groups is 2. The van der Waals surface area contributed by atoms with Gasteiger partial charge < -0.3 is 0 Å². The van der Waals surface area contributed by atoms with E-state index in [4.69, 9.17) is 0 Å². The van der Waals surface area contributed by atoms with E-state index in [1.807, 2.05) is 19.1 Å². The minimum Gasteiger partial charge on any atom is -0.262 e. The van der Waals surface area contributed by atoms with Crippen molar-refractivity contribution in [1.82, 2.24) is 0 Å². The van der Waals surface area contributed by atoms with E-state index < -0.39 is 0 Å². The Hall–Kier alpha value is -1.44. The van der Waals surface area contributed by atoms with Crippen molar-refractivity contribution in [1.29, 1.82) is 0 Å². The fourth-order valence-corrected chi connectivity index (χ4v) is 1.41. The lowest BCUT2D eigenvalue weighted by Gasteiger charge is -2.10. The Morgan fingerprint density at radius 1 is 1.36 bits per heavy atom. The summed E-state index contributed by atoms with van der Waals surface area (Å²) in [6.07, 6.45) is 1.79. The van der Waals surface area contributed by atoms with Gasteiger partial charge in [-0.3, -0.25) is 9.98 Å². The maximum Gasteiger partial charge on any atom is 0.0916 e. The molecule has 0 heterocycles. The fraction of sp³-hybridized carbons (Fsp3) is 0.333. The summed E-state index contributed by atoms with van der Waals surface area (Å²) >= 11 is 0. The second-order valence-corrected chi connectivity index (χ2v) is 3.42. The number of hydrogen-bond donors (Lipinski definition) is 0. The summed E-state index contributed by atoms with van der Waals surface area (Å²) in [5, 5.41) is 0. The summed E-state index contributed by atoms with van der Waals surface area (Å²) in [6.45, 7) is 9.76. The lowest BCUT2D eigenvalue weighted by Crippen LogP contribution is -1.88. The van der Waals surface area contributed by atoms with Crippen molar-refractivity contribution in [3.8, 4) is 0 Å². The van der Waals surface area contributed by atoms with Crippen LogP contribution >= 0.6 is 0 Å². The van der Waals surface area contributed by atoms with E-state index in [-0.39, 0.29) is 0 Å². The lowest BCUT2D eigenvalue weighted by molar-refractivity contribution is 0.867. The zero-order chi connectivity index (χ0) is 10.6. The number of para-hydroxylation sites is 1. The molecular weight excluding hydrogens is 172 g/mol. The van der Waals surface area contributed by atoms with Crippen LogP contribution in [0.4, 0.5) is 11.4 Å². The normalized spacial score (nSPS) is 11.1. The van der Waals surface area contributed by atoms with Gasteiger partial charge >= 0.3 is 0 Å². The first kappa shape index (κ1) is 10.6. The molecule has 0 N–H and O–H groups in total. The Kier molecular flexibility index (Phi) is 3.57. The van der Waals surface area contributed by atoms with Gasteiger partial charge in [-0.05, 0) is 31.2 Å². The van der Waals surface area contributed by atoms with Gasteiger partial charge in [-0.25, -0.2) is 0 Å². The van der Waals surface area contributed by atoms with Gasteiger partial charge in [-0.2, -0.15) is 0 Å². The first-order valence-electron chi connectivity index (χ1n) is 4.79. The molecule has 1 rings (SSSR count). The van der Waals surface area contributed by atoms with E-state index in [1.165, 1.54) is 5.56 Å². The van der Waals surface area contributed by atoms with Crippen molar-refractivity contribution in [2.45, 2.75) is 26.7 Å². The van der Waals surface area contributed by atoms with E-state index in [2.05, 4.69) is 36.6 Å². The molecular formula is C12H16N2. The highest BCUT2D eigenvalue weighted by molar-refractivity contribution is 5.74. The van der Waals surface area contributed by atoms with Crippen LogP contribution in [0.15, 0.2) is 28.2 Å². The lowest BCUT2D eigenvalue weighted by atomic mass is 10.0. The second-order valence-electron chi connectivity index (χ2n) is 3.42. The summed E-state index contributed by atoms with van der Waals surface area (Å²) < 4.78 is 0. The van der Waals surface area contributed by atoms with Crippen LogP contribution in [0.1, 0.15) is 32.3 Å².